The Hall–Kier alpha value is -2.59. The average molecular weight is 326 g/mol. The summed E-state index contributed by atoms with van der Waals surface area (Å²) >= 11 is 0. The molecule has 4 heteroatoms. The Morgan fingerprint density at radius 2 is 1.71 bits per heavy atom. The number of aliphatic hydroxyl groups excluding tert-OH is 1. The second kappa shape index (κ2) is 8.89. The van der Waals surface area contributed by atoms with Gasteiger partial charge in [-0.3, -0.25) is 0 Å². The molecule has 0 aliphatic carbocycles. The van der Waals surface area contributed by atoms with Crippen molar-refractivity contribution in [2.75, 3.05) is 6.61 Å². The molecular weight excluding hydrogens is 304 g/mol. The third-order valence-corrected chi connectivity index (χ3v) is 3.60. The number of benzene rings is 2. The zero-order chi connectivity index (χ0) is 17.4. The Morgan fingerprint density at radius 3 is 2.25 bits per heavy atom. The van der Waals surface area contributed by atoms with Crippen LogP contribution >= 0.6 is 0 Å². The van der Waals surface area contributed by atoms with Crippen LogP contribution in [0.3, 0.4) is 0 Å². The fourth-order valence-corrected chi connectivity index (χ4v) is 2.06. The highest BCUT2D eigenvalue weighted by molar-refractivity contribution is 5.81. The van der Waals surface area contributed by atoms with E-state index in [0.29, 0.717) is 13.0 Å². The molecule has 2 aromatic rings. The first-order chi connectivity index (χ1) is 11.6. The summed E-state index contributed by atoms with van der Waals surface area (Å²) in [7, 11) is 0. The van der Waals surface area contributed by atoms with Gasteiger partial charge in [0.15, 0.2) is 0 Å². The zero-order valence-electron chi connectivity index (χ0n) is 13.8. The van der Waals surface area contributed by atoms with Crippen molar-refractivity contribution >= 4 is 5.97 Å². The van der Waals surface area contributed by atoms with E-state index in [2.05, 4.69) is 6.58 Å². The van der Waals surface area contributed by atoms with Gasteiger partial charge in [-0.05, 0) is 35.2 Å². The lowest BCUT2D eigenvalue weighted by Gasteiger charge is -2.11. The first kappa shape index (κ1) is 17.8. The van der Waals surface area contributed by atoms with Crippen molar-refractivity contribution < 1.29 is 19.4 Å². The third kappa shape index (κ3) is 5.25. The van der Waals surface area contributed by atoms with Crippen molar-refractivity contribution in [3.63, 3.8) is 0 Å². The zero-order valence-corrected chi connectivity index (χ0v) is 13.8. The van der Waals surface area contributed by atoms with Crippen LogP contribution in [0, 0.1) is 0 Å². The van der Waals surface area contributed by atoms with E-state index in [1.165, 1.54) is 0 Å². The Balaban J connectivity index is 1.96. The minimum atomic E-state index is -0.438. The second-order valence-electron chi connectivity index (χ2n) is 5.41. The van der Waals surface area contributed by atoms with Gasteiger partial charge in [-0.1, -0.05) is 49.9 Å². The molecule has 0 aliphatic heterocycles. The van der Waals surface area contributed by atoms with Gasteiger partial charge in [0.2, 0.25) is 0 Å². The number of hydrogen-bond acceptors (Lipinski definition) is 4. The fourth-order valence-electron chi connectivity index (χ4n) is 2.06. The van der Waals surface area contributed by atoms with Gasteiger partial charge in [0.05, 0.1) is 6.10 Å². The quantitative estimate of drug-likeness (QED) is 0.593. The summed E-state index contributed by atoms with van der Waals surface area (Å²) in [6, 6.07) is 15.5. The molecule has 0 aromatic heterocycles. The molecule has 0 fully saturated rings. The van der Waals surface area contributed by atoms with Crippen LogP contribution in [-0.2, 0) is 16.1 Å². The van der Waals surface area contributed by atoms with Crippen molar-refractivity contribution in [2.24, 2.45) is 0 Å². The number of carbonyl (C=O) groups excluding carboxylic acids is 1. The van der Waals surface area contributed by atoms with Gasteiger partial charge >= 0.3 is 5.97 Å². The van der Waals surface area contributed by atoms with Crippen LogP contribution in [0.15, 0.2) is 61.2 Å². The lowest BCUT2D eigenvalue weighted by molar-refractivity contribution is -0.138. The largest absolute Gasteiger partial charge is 0.491 e. The van der Waals surface area contributed by atoms with E-state index in [1.807, 2.05) is 55.5 Å². The number of esters is 1. The van der Waals surface area contributed by atoms with Crippen LogP contribution < -0.4 is 4.74 Å². The number of hydrogen-bond donors (Lipinski definition) is 1. The number of rotatable bonds is 8. The molecule has 0 heterocycles. The van der Waals surface area contributed by atoms with Gasteiger partial charge in [-0.2, -0.15) is 0 Å². The maximum absolute atomic E-state index is 11.1. The van der Waals surface area contributed by atoms with E-state index in [9.17, 15) is 9.90 Å². The number of aliphatic hydroxyl groups is 1. The van der Waals surface area contributed by atoms with Gasteiger partial charge < -0.3 is 14.6 Å². The number of carbonyl (C=O) groups is 1. The van der Waals surface area contributed by atoms with Crippen LogP contribution in [0.2, 0.25) is 0 Å². The molecule has 0 saturated carbocycles. The summed E-state index contributed by atoms with van der Waals surface area (Å²) in [4.78, 5) is 11.1. The summed E-state index contributed by atoms with van der Waals surface area (Å²) in [6.07, 6.45) is 1.39. The van der Waals surface area contributed by atoms with Gasteiger partial charge in [-0.15, -0.1) is 0 Å². The predicted octanol–water partition coefficient (Wildman–Crippen LogP) is 3.73. The van der Waals surface area contributed by atoms with Crippen LogP contribution in [-0.4, -0.2) is 23.8 Å². The van der Waals surface area contributed by atoms with E-state index < -0.39 is 12.1 Å². The van der Waals surface area contributed by atoms with Crippen molar-refractivity contribution in [3.8, 4) is 16.9 Å². The van der Waals surface area contributed by atoms with E-state index >= 15 is 0 Å². The first-order valence-corrected chi connectivity index (χ1v) is 7.91. The Labute approximate surface area is 142 Å². The SMILES string of the molecule is C=CC(=O)OCc1ccc(-c2ccc(OCC(O)CC)cc2)cc1. The molecule has 126 valence electrons. The summed E-state index contributed by atoms with van der Waals surface area (Å²) in [5.74, 6) is 0.307. The maximum Gasteiger partial charge on any atom is 0.330 e. The van der Waals surface area contributed by atoms with Crippen LogP contribution in [0.5, 0.6) is 5.75 Å². The molecular formula is C20H22O4. The molecule has 2 aromatic carbocycles. The molecule has 1 atom stereocenters. The minimum absolute atomic E-state index is 0.234. The van der Waals surface area contributed by atoms with Gasteiger partial charge in [0, 0.05) is 6.08 Å². The van der Waals surface area contributed by atoms with Gasteiger partial charge in [-0.25, -0.2) is 4.79 Å². The standard InChI is InChI=1S/C20H22O4/c1-3-18(21)14-23-19-11-9-17(10-12-19)16-7-5-15(6-8-16)13-24-20(22)4-2/h4-12,18,21H,2-3,13-14H2,1H3. The molecule has 1 unspecified atom stereocenters. The monoisotopic (exact) mass is 326 g/mol. The van der Waals surface area contributed by atoms with E-state index in [0.717, 1.165) is 28.5 Å². The van der Waals surface area contributed by atoms with Crippen LogP contribution in [0.1, 0.15) is 18.9 Å². The highest BCUT2D eigenvalue weighted by Gasteiger charge is 2.04. The highest BCUT2D eigenvalue weighted by atomic mass is 16.5. The average Bonchev–Trinajstić information content (AvgIpc) is 2.65. The smallest absolute Gasteiger partial charge is 0.330 e. The summed E-state index contributed by atoms with van der Waals surface area (Å²) in [6.45, 7) is 5.81. The van der Waals surface area contributed by atoms with Crippen molar-refractivity contribution in [3.05, 3.63) is 66.7 Å². The molecule has 24 heavy (non-hydrogen) atoms. The normalized spacial score (nSPS) is 11.6. The highest BCUT2D eigenvalue weighted by Crippen LogP contribution is 2.23. The molecule has 0 spiro atoms. The molecule has 0 amide bonds. The molecule has 4 nitrogen and oxygen atoms in total. The van der Waals surface area contributed by atoms with Crippen molar-refractivity contribution in [1.29, 1.82) is 0 Å². The summed E-state index contributed by atoms with van der Waals surface area (Å²) < 4.78 is 10.5. The molecule has 2 rings (SSSR count). The molecule has 0 aliphatic rings. The number of ether oxygens (including phenoxy) is 2. The lowest BCUT2D eigenvalue weighted by atomic mass is 10.0. The molecule has 0 saturated heterocycles. The van der Waals surface area contributed by atoms with Crippen LogP contribution in [0.25, 0.3) is 11.1 Å². The van der Waals surface area contributed by atoms with Crippen molar-refractivity contribution in [2.45, 2.75) is 26.1 Å². The summed E-state index contributed by atoms with van der Waals surface area (Å²) in [5, 5.41) is 9.51. The Bertz CT molecular complexity index is 659. The third-order valence-electron chi connectivity index (χ3n) is 3.60. The van der Waals surface area contributed by atoms with Crippen molar-refractivity contribution in [1.82, 2.24) is 0 Å². The van der Waals surface area contributed by atoms with E-state index in [1.54, 1.807) is 0 Å². The first-order valence-electron chi connectivity index (χ1n) is 7.91. The van der Waals surface area contributed by atoms with Gasteiger partial charge in [0.1, 0.15) is 19.0 Å². The Kier molecular flexibility index (Phi) is 6.58. The topological polar surface area (TPSA) is 55.8 Å². The van der Waals surface area contributed by atoms with Gasteiger partial charge in [0.25, 0.3) is 0 Å². The molecule has 0 radical (unpaired) electrons. The second-order valence-corrected chi connectivity index (χ2v) is 5.41. The van der Waals surface area contributed by atoms with E-state index in [4.69, 9.17) is 9.47 Å². The fraction of sp³-hybridized carbons (Fsp3) is 0.250. The van der Waals surface area contributed by atoms with Crippen LogP contribution in [0.4, 0.5) is 0 Å². The van der Waals surface area contributed by atoms with E-state index in [-0.39, 0.29) is 6.61 Å². The molecule has 0 bridgehead atoms. The summed E-state index contributed by atoms with van der Waals surface area (Å²) in [5.41, 5.74) is 3.05. The predicted molar refractivity (Wildman–Crippen MR) is 93.7 cm³/mol. The minimum Gasteiger partial charge on any atom is -0.491 e. The lowest BCUT2D eigenvalue weighted by Crippen LogP contribution is -2.15. The molecule has 1 N–H and O–H groups in total. The Morgan fingerprint density at radius 1 is 1.12 bits per heavy atom. The maximum atomic E-state index is 11.1.